The molecule has 0 saturated heterocycles. The van der Waals surface area contributed by atoms with Crippen molar-refractivity contribution < 1.29 is 4.79 Å². The van der Waals surface area contributed by atoms with Crippen molar-refractivity contribution in [1.82, 2.24) is 10.2 Å². The predicted molar refractivity (Wildman–Crippen MR) is 88.4 cm³/mol. The molecule has 4 nitrogen and oxygen atoms in total. The molecule has 2 aromatic carbocycles. The lowest BCUT2D eigenvalue weighted by molar-refractivity contribution is 0.102. The van der Waals surface area contributed by atoms with Gasteiger partial charge in [-0.2, -0.15) is 5.10 Å². The molecule has 0 saturated carbocycles. The maximum atomic E-state index is 12.2. The second-order valence-electron chi connectivity index (χ2n) is 4.63. The van der Waals surface area contributed by atoms with Crippen LogP contribution in [0.25, 0.3) is 11.3 Å². The number of hydrogen-bond acceptors (Lipinski definition) is 2. The Balaban J connectivity index is 1.77. The molecule has 2 N–H and O–H groups in total. The first-order valence-corrected chi connectivity index (χ1v) is 7.25. The van der Waals surface area contributed by atoms with Crippen molar-refractivity contribution in [2.45, 2.75) is 0 Å². The van der Waals surface area contributed by atoms with Crippen LogP contribution >= 0.6 is 23.2 Å². The van der Waals surface area contributed by atoms with E-state index in [4.69, 9.17) is 23.2 Å². The highest BCUT2D eigenvalue weighted by molar-refractivity contribution is 6.37. The molecule has 3 rings (SSSR count). The first-order valence-electron chi connectivity index (χ1n) is 6.50. The number of nitrogens with one attached hydrogen (secondary N) is 2. The highest BCUT2D eigenvalue weighted by Crippen LogP contribution is 2.23. The molecule has 1 aromatic heterocycles. The molecule has 0 aliphatic rings. The van der Waals surface area contributed by atoms with E-state index >= 15 is 0 Å². The minimum atomic E-state index is -0.282. The molecule has 6 heteroatoms. The van der Waals surface area contributed by atoms with E-state index in [1.165, 1.54) is 0 Å². The Kier molecular flexibility index (Phi) is 4.13. The first-order chi connectivity index (χ1) is 10.6. The third-order valence-corrected chi connectivity index (χ3v) is 3.68. The van der Waals surface area contributed by atoms with Crippen LogP contribution in [0.5, 0.6) is 0 Å². The lowest BCUT2D eigenvalue weighted by Gasteiger charge is -2.07. The van der Waals surface area contributed by atoms with Crippen LogP contribution in [0.2, 0.25) is 10.0 Å². The number of benzene rings is 2. The zero-order valence-electron chi connectivity index (χ0n) is 11.3. The van der Waals surface area contributed by atoms with E-state index in [1.54, 1.807) is 24.4 Å². The number of rotatable bonds is 3. The fraction of sp³-hybridized carbons (Fsp3) is 0. The Bertz CT molecular complexity index is 799. The fourth-order valence-corrected chi connectivity index (χ4v) is 2.52. The van der Waals surface area contributed by atoms with Crippen molar-refractivity contribution >= 4 is 34.8 Å². The zero-order valence-corrected chi connectivity index (χ0v) is 12.8. The third kappa shape index (κ3) is 3.13. The molecule has 1 heterocycles. The summed E-state index contributed by atoms with van der Waals surface area (Å²) in [7, 11) is 0. The molecule has 0 aliphatic heterocycles. The van der Waals surface area contributed by atoms with Crippen molar-refractivity contribution in [3.8, 4) is 11.3 Å². The third-order valence-electron chi connectivity index (χ3n) is 3.13. The molecule has 0 bridgehead atoms. The number of nitrogens with zero attached hydrogens (tertiary/aromatic N) is 1. The van der Waals surface area contributed by atoms with E-state index in [-0.39, 0.29) is 5.91 Å². The number of carbonyl (C=O) groups excluding carboxylic acids is 1. The quantitative estimate of drug-likeness (QED) is 0.734. The number of aromatic nitrogens is 2. The van der Waals surface area contributed by atoms with Crippen LogP contribution in [0, 0.1) is 0 Å². The Hall–Kier alpha value is -2.30. The Morgan fingerprint density at radius 1 is 1.05 bits per heavy atom. The first kappa shape index (κ1) is 14.6. The van der Waals surface area contributed by atoms with Gasteiger partial charge in [0, 0.05) is 16.9 Å². The molecule has 0 aliphatic carbocycles. The van der Waals surface area contributed by atoms with Crippen molar-refractivity contribution in [2.24, 2.45) is 0 Å². The summed E-state index contributed by atoms with van der Waals surface area (Å²) in [6, 6.07) is 14.1. The molecule has 110 valence electrons. The molecule has 3 aromatic rings. The van der Waals surface area contributed by atoms with Gasteiger partial charge in [0.25, 0.3) is 5.91 Å². The molecule has 0 spiro atoms. The van der Waals surface area contributed by atoms with Crippen LogP contribution in [-0.2, 0) is 0 Å². The van der Waals surface area contributed by atoms with Crippen LogP contribution in [0.15, 0.2) is 54.7 Å². The molecule has 0 fully saturated rings. The van der Waals surface area contributed by atoms with Gasteiger partial charge >= 0.3 is 0 Å². The zero-order chi connectivity index (χ0) is 15.5. The smallest absolute Gasteiger partial charge is 0.257 e. The lowest BCUT2D eigenvalue weighted by Crippen LogP contribution is -2.12. The average Bonchev–Trinajstić information content (AvgIpc) is 3.02. The Morgan fingerprint density at radius 3 is 2.45 bits per heavy atom. The molecule has 1 amide bonds. The maximum Gasteiger partial charge on any atom is 0.257 e. The molecule has 0 atom stereocenters. The van der Waals surface area contributed by atoms with Gasteiger partial charge in [-0.05, 0) is 42.0 Å². The van der Waals surface area contributed by atoms with Crippen molar-refractivity contribution in [1.29, 1.82) is 0 Å². The largest absolute Gasteiger partial charge is 0.322 e. The van der Waals surface area contributed by atoms with Crippen LogP contribution in [-0.4, -0.2) is 16.1 Å². The summed E-state index contributed by atoms with van der Waals surface area (Å²) in [4.78, 5) is 12.2. The van der Waals surface area contributed by atoms with E-state index in [2.05, 4.69) is 15.5 Å². The lowest BCUT2D eigenvalue weighted by atomic mass is 10.1. The van der Waals surface area contributed by atoms with Gasteiger partial charge in [-0.1, -0.05) is 35.3 Å². The topological polar surface area (TPSA) is 57.8 Å². The number of H-pyrrole nitrogens is 1. The normalized spacial score (nSPS) is 10.5. The summed E-state index contributed by atoms with van der Waals surface area (Å²) >= 11 is 11.9. The van der Waals surface area contributed by atoms with Gasteiger partial charge in [0.1, 0.15) is 0 Å². The molecule has 0 unspecified atom stereocenters. The summed E-state index contributed by atoms with van der Waals surface area (Å²) in [5, 5.41) is 10.4. The van der Waals surface area contributed by atoms with E-state index < -0.39 is 0 Å². The fourth-order valence-electron chi connectivity index (χ4n) is 2.02. The van der Waals surface area contributed by atoms with E-state index in [0.29, 0.717) is 21.3 Å². The molecular weight excluding hydrogens is 321 g/mol. The number of aromatic amines is 1. The van der Waals surface area contributed by atoms with Gasteiger partial charge in [-0.3, -0.25) is 9.89 Å². The van der Waals surface area contributed by atoms with Crippen LogP contribution < -0.4 is 5.32 Å². The number of halogens is 2. The maximum absolute atomic E-state index is 12.2. The van der Waals surface area contributed by atoms with Crippen LogP contribution in [0.4, 0.5) is 5.69 Å². The number of anilines is 1. The highest BCUT2D eigenvalue weighted by Gasteiger charge is 2.11. The summed E-state index contributed by atoms with van der Waals surface area (Å²) < 4.78 is 0. The number of amides is 1. The predicted octanol–water partition coefficient (Wildman–Crippen LogP) is 4.64. The van der Waals surface area contributed by atoms with Gasteiger partial charge < -0.3 is 5.32 Å². The van der Waals surface area contributed by atoms with Gasteiger partial charge in [0.15, 0.2) is 0 Å². The highest BCUT2D eigenvalue weighted by atomic mass is 35.5. The summed E-state index contributed by atoms with van der Waals surface area (Å²) in [5.41, 5.74) is 2.96. The second-order valence-corrected chi connectivity index (χ2v) is 5.47. The number of carbonyl (C=O) groups is 1. The minimum Gasteiger partial charge on any atom is -0.322 e. The molecule has 22 heavy (non-hydrogen) atoms. The van der Waals surface area contributed by atoms with Crippen molar-refractivity contribution in [3.05, 3.63) is 70.3 Å². The van der Waals surface area contributed by atoms with Crippen molar-refractivity contribution in [2.75, 3.05) is 5.32 Å². The number of hydrogen-bond donors (Lipinski definition) is 2. The molecular formula is C16H11Cl2N3O. The second kappa shape index (κ2) is 6.22. The van der Waals surface area contributed by atoms with Crippen LogP contribution in [0.1, 0.15) is 10.4 Å². The average molecular weight is 332 g/mol. The minimum absolute atomic E-state index is 0.282. The molecule has 0 radical (unpaired) electrons. The van der Waals surface area contributed by atoms with Gasteiger partial charge in [0.05, 0.1) is 16.3 Å². The SMILES string of the molecule is O=C(Nc1ccc(-c2ccn[nH]2)cc1)c1ccc(Cl)cc1Cl. The van der Waals surface area contributed by atoms with Crippen molar-refractivity contribution in [3.63, 3.8) is 0 Å². The van der Waals surface area contributed by atoms with Gasteiger partial charge in [-0.15, -0.1) is 0 Å². The standard InChI is InChI=1S/C16H11Cl2N3O/c17-11-3-6-13(14(18)9-11)16(22)20-12-4-1-10(2-5-12)15-7-8-19-21-15/h1-9H,(H,19,21)(H,20,22). The monoisotopic (exact) mass is 331 g/mol. The Morgan fingerprint density at radius 2 is 1.82 bits per heavy atom. The van der Waals surface area contributed by atoms with Gasteiger partial charge in [0.2, 0.25) is 0 Å². The van der Waals surface area contributed by atoms with E-state index in [1.807, 2.05) is 30.3 Å². The summed E-state index contributed by atoms with van der Waals surface area (Å²) in [5.74, 6) is -0.282. The van der Waals surface area contributed by atoms with E-state index in [9.17, 15) is 4.79 Å². The summed E-state index contributed by atoms with van der Waals surface area (Å²) in [6.45, 7) is 0. The van der Waals surface area contributed by atoms with Gasteiger partial charge in [-0.25, -0.2) is 0 Å². The Labute approximate surface area is 137 Å². The summed E-state index contributed by atoms with van der Waals surface area (Å²) in [6.07, 6.45) is 1.69. The van der Waals surface area contributed by atoms with E-state index in [0.717, 1.165) is 11.3 Å². The van der Waals surface area contributed by atoms with Crippen LogP contribution in [0.3, 0.4) is 0 Å².